The molecule has 104 valence electrons. The lowest BCUT2D eigenvalue weighted by Crippen LogP contribution is -2.30. The van der Waals surface area contributed by atoms with Gasteiger partial charge in [-0.05, 0) is 33.0 Å². The molecule has 0 fully saturated rings. The largest absolute Gasteiger partial charge is 0.354 e. The molecule has 0 aliphatic heterocycles. The predicted molar refractivity (Wildman–Crippen MR) is 76.5 cm³/mol. The number of amides is 1. The Morgan fingerprint density at radius 2 is 2.21 bits per heavy atom. The lowest BCUT2D eigenvalue weighted by atomic mass is 10.3. The maximum atomic E-state index is 11.7. The van der Waals surface area contributed by atoms with Gasteiger partial charge in [-0.2, -0.15) is 5.10 Å². The summed E-state index contributed by atoms with van der Waals surface area (Å²) in [4.78, 5) is 14.8. The fraction of sp³-hybridized carbons (Fsp3) is 0.583. The number of fused-ring (bicyclic) bond motifs is 1. The van der Waals surface area contributed by atoms with Crippen LogP contribution >= 0.6 is 12.2 Å². The molecular weight excluding hydrogens is 262 g/mol. The van der Waals surface area contributed by atoms with Gasteiger partial charge in [-0.25, -0.2) is 0 Å². The van der Waals surface area contributed by atoms with E-state index in [4.69, 9.17) is 12.2 Å². The molecule has 2 N–H and O–H groups in total. The molecule has 2 aromatic heterocycles. The highest BCUT2D eigenvalue weighted by Gasteiger charge is 2.13. The highest BCUT2D eigenvalue weighted by Crippen LogP contribution is 2.17. The standard InChI is InChI=1S/C12H19N5OS/c1-7(2)13-9(18)5-6-17-11-10(14-12(17)19)8(3)15-16(11)4/h7H,5-6H2,1-4H3,(H,13,18)(H,14,19). The number of aryl methyl sites for hydroxylation is 3. The van der Waals surface area contributed by atoms with Crippen LogP contribution in [-0.4, -0.2) is 31.3 Å². The average molecular weight is 281 g/mol. The van der Waals surface area contributed by atoms with Crippen LogP contribution in [0.5, 0.6) is 0 Å². The average Bonchev–Trinajstić information content (AvgIpc) is 2.74. The molecule has 2 rings (SSSR count). The molecule has 2 heterocycles. The van der Waals surface area contributed by atoms with Gasteiger partial charge < -0.3 is 14.9 Å². The Morgan fingerprint density at radius 3 is 2.84 bits per heavy atom. The van der Waals surface area contributed by atoms with E-state index in [1.165, 1.54) is 0 Å². The number of carbonyl (C=O) groups is 1. The molecule has 0 atom stereocenters. The van der Waals surface area contributed by atoms with Gasteiger partial charge in [0.15, 0.2) is 10.4 Å². The van der Waals surface area contributed by atoms with Crippen molar-refractivity contribution >= 4 is 29.3 Å². The van der Waals surface area contributed by atoms with E-state index in [0.29, 0.717) is 17.7 Å². The number of hydrogen-bond donors (Lipinski definition) is 2. The molecule has 0 aliphatic carbocycles. The van der Waals surface area contributed by atoms with E-state index >= 15 is 0 Å². The molecule has 2 aromatic rings. The summed E-state index contributed by atoms with van der Waals surface area (Å²) >= 11 is 5.30. The third-order valence-electron chi connectivity index (χ3n) is 2.94. The zero-order chi connectivity index (χ0) is 14.2. The minimum Gasteiger partial charge on any atom is -0.354 e. The van der Waals surface area contributed by atoms with E-state index in [1.807, 2.05) is 32.4 Å². The topological polar surface area (TPSA) is 67.6 Å². The van der Waals surface area contributed by atoms with Gasteiger partial charge in [-0.3, -0.25) is 9.48 Å². The zero-order valence-corrected chi connectivity index (χ0v) is 12.5. The SMILES string of the molecule is Cc1nn(C)c2c1[nH]c(=S)n2CCC(=O)NC(C)C. The van der Waals surface area contributed by atoms with E-state index in [1.54, 1.807) is 4.68 Å². The van der Waals surface area contributed by atoms with Crippen molar-refractivity contribution in [3.63, 3.8) is 0 Å². The quantitative estimate of drug-likeness (QED) is 0.837. The van der Waals surface area contributed by atoms with Crippen LogP contribution in [0.2, 0.25) is 0 Å². The molecule has 0 unspecified atom stereocenters. The number of aromatic nitrogens is 4. The fourth-order valence-corrected chi connectivity index (χ4v) is 2.47. The van der Waals surface area contributed by atoms with E-state index in [-0.39, 0.29) is 11.9 Å². The van der Waals surface area contributed by atoms with Gasteiger partial charge >= 0.3 is 0 Å². The summed E-state index contributed by atoms with van der Waals surface area (Å²) < 4.78 is 4.34. The first kappa shape index (κ1) is 13.8. The van der Waals surface area contributed by atoms with Crippen molar-refractivity contribution in [1.29, 1.82) is 0 Å². The number of rotatable bonds is 4. The van der Waals surface area contributed by atoms with Gasteiger partial charge in [0.25, 0.3) is 0 Å². The minimum atomic E-state index is 0.0325. The Bertz CT molecular complexity index is 663. The van der Waals surface area contributed by atoms with Gasteiger partial charge in [-0.15, -0.1) is 0 Å². The monoisotopic (exact) mass is 281 g/mol. The highest BCUT2D eigenvalue weighted by molar-refractivity contribution is 7.71. The first-order chi connectivity index (χ1) is 8.90. The molecule has 19 heavy (non-hydrogen) atoms. The molecule has 6 nitrogen and oxygen atoms in total. The van der Waals surface area contributed by atoms with Crippen LogP contribution in [0.15, 0.2) is 0 Å². The van der Waals surface area contributed by atoms with Crippen LogP contribution in [-0.2, 0) is 18.4 Å². The molecule has 0 saturated carbocycles. The van der Waals surface area contributed by atoms with Gasteiger partial charge in [0.1, 0.15) is 5.52 Å². The number of hydrogen-bond acceptors (Lipinski definition) is 3. The van der Waals surface area contributed by atoms with E-state index in [0.717, 1.165) is 16.9 Å². The van der Waals surface area contributed by atoms with Gasteiger partial charge in [0, 0.05) is 26.1 Å². The number of aromatic amines is 1. The molecule has 1 amide bonds. The summed E-state index contributed by atoms with van der Waals surface area (Å²) in [6, 6.07) is 0.158. The molecular formula is C12H19N5OS. The van der Waals surface area contributed by atoms with Gasteiger partial charge in [-0.1, -0.05) is 0 Å². The minimum absolute atomic E-state index is 0.0325. The summed E-state index contributed by atoms with van der Waals surface area (Å²) in [5, 5.41) is 7.22. The fourth-order valence-electron chi connectivity index (χ4n) is 2.19. The predicted octanol–water partition coefficient (Wildman–Crippen LogP) is 1.66. The summed E-state index contributed by atoms with van der Waals surface area (Å²) in [7, 11) is 1.88. The maximum absolute atomic E-state index is 11.7. The second kappa shape index (κ2) is 5.16. The Labute approximate surface area is 116 Å². The van der Waals surface area contributed by atoms with Crippen molar-refractivity contribution in [1.82, 2.24) is 24.6 Å². The van der Waals surface area contributed by atoms with Crippen LogP contribution in [0.1, 0.15) is 26.0 Å². The van der Waals surface area contributed by atoms with Crippen LogP contribution in [0.3, 0.4) is 0 Å². The second-order valence-electron chi connectivity index (χ2n) is 4.96. The van der Waals surface area contributed by atoms with Gasteiger partial charge in [0.05, 0.1) is 5.69 Å². The van der Waals surface area contributed by atoms with E-state index in [9.17, 15) is 4.79 Å². The van der Waals surface area contributed by atoms with Crippen LogP contribution in [0, 0.1) is 11.7 Å². The Hall–Kier alpha value is -1.63. The Morgan fingerprint density at radius 1 is 1.53 bits per heavy atom. The van der Waals surface area contributed by atoms with Crippen LogP contribution in [0.4, 0.5) is 0 Å². The first-order valence-electron chi connectivity index (χ1n) is 6.31. The summed E-state index contributed by atoms with van der Waals surface area (Å²) in [5.41, 5.74) is 2.78. The van der Waals surface area contributed by atoms with Gasteiger partial charge in [0.2, 0.25) is 5.91 Å². The number of carbonyl (C=O) groups excluding carboxylic acids is 1. The summed E-state index contributed by atoms with van der Waals surface area (Å²) in [6.45, 7) is 6.38. The Balaban J connectivity index is 2.23. The normalized spacial score (nSPS) is 11.4. The number of nitrogens with zero attached hydrogens (tertiary/aromatic N) is 3. The molecule has 7 heteroatoms. The second-order valence-corrected chi connectivity index (χ2v) is 5.35. The molecule has 0 radical (unpaired) electrons. The Kier molecular flexibility index (Phi) is 3.75. The number of H-pyrrole nitrogens is 1. The molecule has 0 saturated heterocycles. The number of nitrogens with one attached hydrogen (secondary N) is 2. The van der Waals surface area contributed by atoms with Crippen molar-refractivity contribution in [2.24, 2.45) is 7.05 Å². The van der Waals surface area contributed by atoms with Crippen molar-refractivity contribution < 1.29 is 4.79 Å². The molecule has 0 aliphatic rings. The van der Waals surface area contributed by atoms with Crippen molar-refractivity contribution in [2.75, 3.05) is 0 Å². The van der Waals surface area contributed by atoms with Crippen molar-refractivity contribution in [3.05, 3.63) is 10.5 Å². The lowest BCUT2D eigenvalue weighted by molar-refractivity contribution is -0.121. The summed E-state index contributed by atoms with van der Waals surface area (Å²) in [6.07, 6.45) is 0.406. The highest BCUT2D eigenvalue weighted by atomic mass is 32.1. The summed E-state index contributed by atoms with van der Waals surface area (Å²) in [5.74, 6) is 0.0325. The molecule has 0 aromatic carbocycles. The van der Waals surface area contributed by atoms with E-state index < -0.39 is 0 Å². The first-order valence-corrected chi connectivity index (χ1v) is 6.72. The smallest absolute Gasteiger partial charge is 0.221 e. The van der Waals surface area contributed by atoms with Crippen molar-refractivity contribution in [3.8, 4) is 0 Å². The third-order valence-corrected chi connectivity index (χ3v) is 3.26. The van der Waals surface area contributed by atoms with Crippen LogP contribution < -0.4 is 5.32 Å². The van der Waals surface area contributed by atoms with Crippen LogP contribution in [0.25, 0.3) is 11.2 Å². The lowest BCUT2D eigenvalue weighted by Gasteiger charge is -2.09. The molecule has 0 bridgehead atoms. The third kappa shape index (κ3) is 2.70. The van der Waals surface area contributed by atoms with E-state index in [2.05, 4.69) is 15.4 Å². The number of imidazole rings is 1. The zero-order valence-electron chi connectivity index (χ0n) is 11.6. The van der Waals surface area contributed by atoms with Crippen molar-refractivity contribution in [2.45, 2.75) is 39.8 Å². The molecule has 0 spiro atoms. The maximum Gasteiger partial charge on any atom is 0.221 e.